The molecule has 1 fully saturated rings. The average Bonchev–Trinajstić information content (AvgIpc) is 3.24. The number of benzene rings is 1. The fourth-order valence-electron chi connectivity index (χ4n) is 3.96. The van der Waals surface area contributed by atoms with Gasteiger partial charge in [-0.15, -0.1) is 0 Å². The minimum Gasteiger partial charge on any atom is -0.395 e. The number of thioether (sulfide) groups is 1. The van der Waals surface area contributed by atoms with Crippen LogP contribution in [-0.4, -0.2) is 64.7 Å². The van der Waals surface area contributed by atoms with E-state index in [-0.39, 0.29) is 43.2 Å². The Morgan fingerprint density at radius 3 is 2.59 bits per heavy atom. The molecule has 216 valence electrons. The molecule has 1 aromatic heterocycles. The minimum atomic E-state index is -3.88. The topological polar surface area (TPSA) is 158 Å². The van der Waals surface area contributed by atoms with Crippen LogP contribution in [0.5, 0.6) is 0 Å². The van der Waals surface area contributed by atoms with E-state index in [0.717, 1.165) is 17.3 Å². The van der Waals surface area contributed by atoms with Crippen LogP contribution in [0, 0.1) is 11.3 Å². The Hall–Kier alpha value is -2.09. The lowest BCUT2D eigenvalue weighted by Crippen LogP contribution is -2.34. The van der Waals surface area contributed by atoms with E-state index in [1.807, 2.05) is 37.3 Å². The third-order valence-corrected chi connectivity index (χ3v) is 9.04. The van der Waals surface area contributed by atoms with Crippen LogP contribution in [0.2, 0.25) is 0 Å². The zero-order chi connectivity index (χ0) is 28.6. The SMILES string of the molecule is CO[C@H]1[C@H](C)[C@H](n2ccc(=O)[nH]c2=O)O[C@H]1COP(=O)(NCc1ccccc1)OCCSC(=O)C(C)(C)CO. The van der Waals surface area contributed by atoms with Crippen LogP contribution in [0.4, 0.5) is 0 Å². The van der Waals surface area contributed by atoms with Crippen LogP contribution < -0.4 is 16.3 Å². The molecular weight excluding hydrogens is 549 g/mol. The van der Waals surface area contributed by atoms with Crippen molar-refractivity contribution in [3.8, 4) is 0 Å². The van der Waals surface area contributed by atoms with Crippen LogP contribution >= 0.6 is 19.5 Å². The summed E-state index contributed by atoms with van der Waals surface area (Å²) in [6.07, 6.45) is -0.608. The maximum atomic E-state index is 13.7. The molecule has 2 aromatic rings. The van der Waals surface area contributed by atoms with Gasteiger partial charge in [0.1, 0.15) is 12.3 Å². The zero-order valence-electron chi connectivity index (χ0n) is 22.4. The van der Waals surface area contributed by atoms with Crippen LogP contribution in [0.25, 0.3) is 0 Å². The molecule has 12 nitrogen and oxygen atoms in total. The standard InChI is InChI=1S/C25H36N3O9PS/c1-17-21(34-4)19(37-22(17)28-11-10-20(30)27-24(28)32)15-36-38(33,26-14-18-8-6-5-7-9-18)35-12-13-39-23(31)25(2,3)16-29/h5-11,17,19,21-22,29H,12-16H2,1-4H3,(H,26,33)(H,27,30,32)/t17-,19-,21-,22+,38?/m0/s1. The molecule has 14 heteroatoms. The molecule has 1 aliphatic heterocycles. The summed E-state index contributed by atoms with van der Waals surface area (Å²) in [6, 6.07) is 10.5. The summed E-state index contributed by atoms with van der Waals surface area (Å²) in [7, 11) is -2.38. The predicted octanol–water partition coefficient (Wildman–Crippen LogP) is 2.29. The number of hydrogen-bond acceptors (Lipinski definition) is 10. The fraction of sp³-hybridized carbons (Fsp3) is 0.560. The number of H-pyrrole nitrogens is 1. The quantitative estimate of drug-likeness (QED) is 0.221. The van der Waals surface area contributed by atoms with Crippen LogP contribution in [0.15, 0.2) is 52.2 Å². The van der Waals surface area contributed by atoms with E-state index < -0.39 is 42.8 Å². The average molecular weight is 586 g/mol. The number of rotatable bonds is 14. The highest BCUT2D eigenvalue weighted by Crippen LogP contribution is 2.46. The van der Waals surface area contributed by atoms with Crippen molar-refractivity contribution in [1.82, 2.24) is 14.6 Å². The second-order valence-corrected chi connectivity index (χ2v) is 12.7. The third kappa shape index (κ3) is 8.45. The maximum absolute atomic E-state index is 13.7. The molecular formula is C25H36N3O9PS. The normalized spacial score (nSPS) is 23.0. The molecule has 5 atom stereocenters. The van der Waals surface area contributed by atoms with Gasteiger partial charge in [0.2, 0.25) is 0 Å². The molecule has 0 radical (unpaired) electrons. The van der Waals surface area contributed by atoms with Gasteiger partial charge >= 0.3 is 13.4 Å². The molecule has 0 aliphatic carbocycles. The monoisotopic (exact) mass is 585 g/mol. The number of carbonyl (C=O) groups excluding carboxylic acids is 1. The summed E-state index contributed by atoms with van der Waals surface area (Å²) in [6.45, 7) is 4.80. The number of aliphatic hydroxyl groups excluding tert-OH is 1. The smallest absolute Gasteiger partial charge is 0.395 e. The Morgan fingerprint density at radius 2 is 1.95 bits per heavy atom. The van der Waals surface area contributed by atoms with Crippen molar-refractivity contribution in [3.05, 3.63) is 69.0 Å². The van der Waals surface area contributed by atoms with Gasteiger partial charge in [-0.3, -0.25) is 28.2 Å². The van der Waals surface area contributed by atoms with Gasteiger partial charge in [0.05, 0.1) is 31.3 Å². The Bertz CT molecular complexity index is 1250. The van der Waals surface area contributed by atoms with Crippen molar-refractivity contribution in [3.63, 3.8) is 0 Å². The molecule has 1 unspecified atom stereocenters. The van der Waals surface area contributed by atoms with Crippen molar-refractivity contribution in [2.45, 2.75) is 45.8 Å². The number of aromatic amines is 1. The second-order valence-electron chi connectivity index (χ2n) is 9.77. The van der Waals surface area contributed by atoms with Gasteiger partial charge in [0, 0.05) is 37.6 Å². The maximum Gasteiger partial charge on any atom is 0.405 e. The van der Waals surface area contributed by atoms with Gasteiger partial charge in [-0.25, -0.2) is 14.4 Å². The number of nitrogens with zero attached hydrogens (tertiary/aromatic N) is 1. The van der Waals surface area contributed by atoms with E-state index in [1.165, 1.54) is 23.9 Å². The van der Waals surface area contributed by atoms with Crippen molar-refractivity contribution < 1.29 is 33.0 Å². The largest absolute Gasteiger partial charge is 0.405 e. The van der Waals surface area contributed by atoms with Gasteiger partial charge in [-0.05, 0) is 19.4 Å². The minimum absolute atomic E-state index is 0.0536. The van der Waals surface area contributed by atoms with Crippen LogP contribution in [0.3, 0.4) is 0 Å². The number of ether oxygens (including phenoxy) is 2. The first-order valence-electron chi connectivity index (χ1n) is 12.5. The summed E-state index contributed by atoms with van der Waals surface area (Å²) in [5, 5.41) is 12.0. The summed E-state index contributed by atoms with van der Waals surface area (Å²) in [5.41, 5.74) is -1.18. The van der Waals surface area contributed by atoms with E-state index >= 15 is 0 Å². The van der Waals surface area contributed by atoms with Crippen molar-refractivity contribution in [2.75, 3.05) is 32.7 Å². The number of aromatic nitrogens is 2. The summed E-state index contributed by atoms with van der Waals surface area (Å²) >= 11 is 0.980. The van der Waals surface area contributed by atoms with E-state index in [4.69, 9.17) is 18.5 Å². The van der Waals surface area contributed by atoms with Crippen molar-refractivity contribution >= 4 is 24.6 Å². The number of aliphatic hydroxyl groups is 1. The molecule has 1 saturated heterocycles. The Kier molecular flexibility index (Phi) is 11.3. The lowest BCUT2D eigenvalue weighted by Gasteiger charge is -2.24. The molecule has 0 bridgehead atoms. The number of methoxy groups -OCH3 is 1. The fourth-order valence-corrected chi connectivity index (χ4v) is 6.20. The molecule has 1 aromatic carbocycles. The zero-order valence-corrected chi connectivity index (χ0v) is 24.1. The first kappa shape index (κ1) is 31.4. The van der Waals surface area contributed by atoms with Gasteiger partial charge in [-0.1, -0.05) is 49.0 Å². The molecule has 3 rings (SSSR count). The summed E-state index contributed by atoms with van der Waals surface area (Å²) < 4.78 is 38.0. The third-order valence-electron chi connectivity index (χ3n) is 6.30. The molecule has 0 saturated carbocycles. The van der Waals surface area contributed by atoms with Gasteiger partial charge in [-0.2, -0.15) is 0 Å². The lowest BCUT2D eigenvalue weighted by molar-refractivity contribution is -0.119. The van der Waals surface area contributed by atoms with Gasteiger partial charge < -0.3 is 14.6 Å². The molecule has 1 aliphatic rings. The number of nitrogens with one attached hydrogen (secondary N) is 2. The highest BCUT2D eigenvalue weighted by Gasteiger charge is 2.44. The first-order valence-corrected chi connectivity index (χ1v) is 15.0. The number of carbonyl (C=O) groups is 1. The second kappa shape index (κ2) is 14.0. The number of hydrogen-bond donors (Lipinski definition) is 3. The van der Waals surface area contributed by atoms with E-state index in [0.29, 0.717) is 0 Å². The molecule has 0 amide bonds. The molecule has 3 N–H and O–H groups in total. The van der Waals surface area contributed by atoms with Crippen LogP contribution in [-0.2, 0) is 34.4 Å². The van der Waals surface area contributed by atoms with E-state index in [9.17, 15) is 24.1 Å². The van der Waals surface area contributed by atoms with Crippen LogP contribution in [0.1, 0.15) is 32.6 Å². The molecule has 0 spiro atoms. The summed E-state index contributed by atoms with van der Waals surface area (Å²) in [5.74, 6) is -0.0978. The van der Waals surface area contributed by atoms with Gasteiger partial charge in [0.15, 0.2) is 5.12 Å². The Morgan fingerprint density at radius 1 is 1.23 bits per heavy atom. The highest BCUT2D eigenvalue weighted by molar-refractivity contribution is 8.13. The summed E-state index contributed by atoms with van der Waals surface area (Å²) in [4.78, 5) is 38.3. The van der Waals surface area contributed by atoms with E-state index in [1.54, 1.807) is 13.8 Å². The Balaban J connectivity index is 1.68. The Labute approximate surface area is 231 Å². The predicted molar refractivity (Wildman–Crippen MR) is 146 cm³/mol. The van der Waals surface area contributed by atoms with E-state index in [2.05, 4.69) is 10.1 Å². The van der Waals surface area contributed by atoms with Gasteiger partial charge in [0.25, 0.3) is 5.56 Å². The highest BCUT2D eigenvalue weighted by atomic mass is 32.2. The van der Waals surface area contributed by atoms with Crippen molar-refractivity contribution in [2.24, 2.45) is 11.3 Å². The molecule has 2 heterocycles. The lowest BCUT2D eigenvalue weighted by atomic mass is 9.97. The van der Waals surface area contributed by atoms with Crippen molar-refractivity contribution in [1.29, 1.82) is 0 Å². The molecule has 39 heavy (non-hydrogen) atoms. The first-order chi connectivity index (χ1) is 18.5.